The molecule has 0 radical (unpaired) electrons. The zero-order valence-electron chi connectivity index (χ0n) is 23.5. The largest absolute Gasteiger partial charge is 0.507 e. The summed E-state index contributed by atoms with van der Waals surface area (Å²) in [6, 6.07) is 23.0. The van der Waals surface area contributed by atoms with Crippen molar-refractivity contribution in [3.05, 3.63) is 95.6 Å². The van der Waals surface area contributed by atoms with E-state index in [1.165, 1.54) is 0 Å². The molecule has 7 nitrogen and oxygen atoms in total. The maximum absolute atomic E-state index is 13.4. The van der Waals surface area contributed by atoms with Crippen molar-refractivity contribution < 1.29 is 24.2 Å². The normalized spacial score (nSPS) is 16.5. The molecular formula is C33H38N2O5. The standard InChI is InChI=1S/C33H38N2O5/c1-4-22-39-26-18-16-24(17-19-26)31(36)29-30(35(33(38)32(29)37)21-11-20-34(5-2)6-3)25-12-10-15-28(23-25)40-27-13-8-7-9-14-27/h7-10,12-19,23,30,36H,4-6,11,20-22H2,1-3H3/b31-29+. The topological polar surface area (TPSA) is 79.3 Å². The Morgan fingerprint density at radius 2 is 1.57 bits per heavy atom. The maximum Gasteiger partial charge on any atom is 0.295 e. The molecule has 0 aromatic heterocycles. The van der Waals surface area contributed by atoms with E-state index in [1.807, 2.05) is 61.5 Å². The van der Waals surface area contributed by atoms with Gasteiger partial charge in [-0.25, -0.2) is 0 Å². The van der Waals surface area contributed by atoms with E-state index >= 15 is 0 Å². The summed E-state index contributed by atoms with van der Waals surface area (Å²) in [5.74, 6) is 0.436. The average molecular weight is 543 g/mol. The summed E-state index contributed by atoms with van der Waals surface area (Å²) in [4.78, 5) is 30.7. The zero-order valence-corrected chi connectivity index (χ0v) is 23.5. The zero-order chi connectivity index (χ0) is 28.5. The summed E-state index contributed by atoms with van der Waals surface area (Å²) >= 11 is 0. The van der Waals surface area contributed by atoms with E-state index in [-0.39, 0.29) is 11.3 Å². The van der Waals surface area contributed by atoms with E-state index in [0.29, 0.717) is 47.9 Å². The first-order valence-electron chi connectivity index (χ1n) is 14.0. The van der Waals surface area contributed by atoms with Crippen molar-refractivity contribution >= 4 is 17.4 Å². The second-order valence-corrected chi connectivity index (χ2v) is 9.73. The van der Waals surface area contributed by atoms with Gasteiger partial charge in [-0.2, -0.15) is 0 Å². The summed E-state index contributed by atoms with van der Waals surface area (Å²) in [6.07, 6.45) is 1.58. The minimum atomic E-state index is -0.743. The number of Topliss-reactive ketones (excluding diaryl/α,β-unsaturated/α-hetero) is 1. The van der Waals surface area contributed by atoms with Gasteiger partial charge in [0.05, 0.1) is 18.2 Å². The van der Waals surface area contributed by atoms with E-state index in [1.54, 1.807) is 29.2 Å². The van der Waals surface area contributed by atoms with Gasteiger partial charge in [-0.05, 0) is 86.6 Å². The number of amides is 1. The first-order chi connectivity index (χ1) is 19.5. The molecule has 1 N–H and O–H groups in total. The molecular weight excluding hydrogens is 504 g/mol. The number of likely N-dealkylation sites (tertiary alicyclic amines) is 1. The van der Waals surface area contributed by atoms with Crippen LogP contribution in [0.25, 0.3) is 5.76 Å². The molecule has 1 atom stereocenters. The molecule has 1 aliphatic heterocycles. The van der Waals surface area contributed by atoms with Crippen LogP contribution in [0.3, 0.4) is 0 Å². The molecule has 1 amide bonds. The van der Waals surface area contributed by atoms with Crippen molar-refractivity contribution in [1.82, 2.24) is 9.80 Å². The minimum Gasteiger partial charge on any atom is -0.507 e. The second-order valence-electron chi connectivity index (χ2n) is 9.73. The van der Waals surface area contributed by atoms with Crippen molar-refractivity contribution in [1.29, 1.82) is 0 Å². The Morgan fingerprint density at radius 1 is 0.875 bits per heavy atom. The third kappa shape index (κ3) is 6.72. The van der Waals surface area contributed by atoms with Crippen LogP contribution in [0.1, 0.15) is 50.8 Å². The smallest absolute Gasteiger partial charge is 0.295 e. The highest BCUT2D eigenvalue weighted by Gasteiger charge is 2.46. The number of nitrogens with zero attached hydrogens (tertiary/aromatic N) is 2. The number of hydrogen-bond acceptors (Lipinski definition) is 6. The lowest BCUT2D eigenvalue weighted by Crippen LogP contribution is -2.33. The van der Waals surface area contributed by atoms with Gasteiger partial charge < -0.3 is 24.4 Å². The van der Waals surface area contributed by atoms with Crippen molar-refractivity contribution in [3.8, 4) is 17.2 Å². The number of benzene rings is 3. The summed E-state index contributed by atoms with van der Waals surface area (Å²) in [5, 5.41) is 11.4. The Bertz CT molecular complexity index is 1320. The van der Waals surface area contributed by atoms with Crippen LogP contribution < -0.4 is 9.47 Å². The lowest BCUT2D eigenvalue weighted by molar-refractivity contribution is -0.140. The monoisotopic (exact) mass is 542 g/mol. The Morgan fingerprint density at radius 3 is 2.25 bits per heavy atom. The lowest BCUT2D eigenvalue weighted by atomic mass is 9.95. The summed E-state index contributed by atoms with van der Waals surface area (Å²) in [6.45, 7) is 9.84. The van der Waals surface area contributed by atoms with Gasteiger partial charge in [0, 0.05) is 12.1 Å². The van der Waals surface area contributed by atoms with Gasteiger partial charge >= 0.3 is 0 Å². The van der Waals surface area contributed by atoms with Crippen LogP contribution in [0.4, 0.5) is 0 Å². The third-order valence-electron chi connectivity index (χ3n) is 7.06. The molecule has 0 aliphatic carbocycles. The van der Waals surface area contributed by atoms with Gasteiger partial charge in [-0.1, -0.05) is 51.1 Å². The molecule has 1 aliphatic rings. The van der Waals surface area contributed by atoms with Gasteiger partial charge in [0.2, 0.25) is 0 Å². The van der Waals surface area contributed by atoms with Crippen LogP contribution in [-0.4, -0.2) is 59.4 Å². The Hall–Kier alpha value is -4.10. The molecule has 3 aromatic carbocycles. The average Bonchev–Trinajstić information content (AvgIpc) is 3.24. The predicted octanol–water partition coefficient (Wildman–Crippen LogP) is 6.42. The van der Waals surface area contributed by atoms with E-state index in [9.17, 15) is 14.7 Å². The Kier molecular flexibility index (Phi) is 9.97. The number of para-hydroxylation sites is 1. The van der Waals surface area contributed by atoms with Crippen molar-refractivity contribution in [2.75, 3.05) is 32.8 Å². The number of carbonyl (C=O) groups is 2. The van der Waals surface area contributed by atoms with Crippen molar-refractivity contribution in [2.45, 2.75) is 39.7 Å². The molecule has 0 bridgehead atoms. The first-order valence-corrected chi connectivity index (χ1v) is 14.0. The summed E-state index contributed by atoms with van der Waals surface area (Å²) in [7, 11) is 0. The number of rotatable bonds is 13. The van der Waals surface area contributed by atoms with E-state index in [2.05, 4.69) is 18.7 Å². The number of aliphatic hydroxyl groups is 1. The molecule has 1 heterocycles. The maximum atomic E-state index is 13.4. The fourth-order valence-corrected chi connectivity index (χ4v) is 4.92. The number of ether oxygens (including phenoxy) is 2. The third-order valence-corrected chi connectivity index (χ3v) is 7.06. The fraction of sp³-hybridized carbons (Fsp3) is 0.333. The number of carbonyl (C=O) groups excluding carboxylic acids is 2. The number of hydrogen-bond donors (Lipinski definition) is 1. The fourth-order valence-electron chi connectivity index (χ4n) is 4.92. The highest BCUT2D eigenvalue weighted by Crippen LogP contribution is 2.41. The van der Waals surface area contributed by atoms with Crippen molar-refractivity contribution in [2.24, 2.45) is 0 Å². The van der Waals surface area contributed by atoms with Crippen LogP contribution in [0, 0.1) is 0 Å². The lowest BCUT2D eigenvalue weighted by Gasteiger charge is -2.27. The molecule has 1 saturated heterocycles. The van der Waals surface area contributed by atoms with Gasteiger partial charge in [-0.15, -0.1) is 0 Å². The van der Waals surface area contributed by atoms with Crippen LogP contribution in [0.2, 0.25) is 0 Å². The molecule has 0 spiro atoms. The van der Waals surface area contributed by atoms with Crippen LogP contribution in [0.5, 0.6) is 17.2 Å². The highest BCUT2D eigenvalue weighted by molar-refractivity contribution is 6.46. The SMILES string of the molecule is CCCOc1ccc(/C(O)=C2\C(=O)C(=O)N(CCCN(CC)CC)C2c2cccc(Oc3ccccc3)c2)cc1. The molecule has 3 aromatic rings. The van der Waals surface area contributed by atoms with Crippen LogP contribution in [0.15, 0.2) is 84.4 Å². The molecule has 210 valence electrons. The van der Waals surface area contributed by atoms with Crippen LogP contribution >= 0.6 is 0 Å². The van der Waals surface area contributed by atoms with Gasteiger partial charge in [0.15, 0.2) is 0 Å². The highest BCUT2D eigenvalue weighted by atomic mass is 16.5. The van der Waals surface area contributed by atoms with E-state index in [4.69, 9.17) is 9.47 Å². The predicted molar refractivity (Wildman–Crippen MR) is 157 cm³/mol. The Labute approximate surface area is 236 Å². The van der Waals surface area contributed by atoms with Gasteiger partial charge in [0.25, 0.3) is 11.7 Å². The quantitative estimate of drug-likeness (QED) is 0.153. The van der Waals surface area contributed by atoms with E-state index in [0.717, 1.165) is 26.1 Å². The molecule has 1 fully saturated rings. The van der Waals surface area contributed by atoms with E-state index < -0.39 is 17.7 Å². The molecule has 7 heteroatoms. The Balaban J connectivity index is 1.71. The van der Waals surface area contributed by atoms with Crippen molar-refractivity contribution in [3.63, 3.8) is 0 Å². The minimum absolute atomic E-state index is 0.0759. The molecule has 40 heavy (non-hydrogen) atoms. The van der Waals surface area contributed by atoms with Gasteiger partial charge in [-0.3, -0.25) is 9.59 Å². The second kappa shape index (κ2) is 13.8. The molecule has 0 saturated carbocycles. The molecule has 1 unspecified atom stereocenters. The number of aliphatic hydroxyl groups excluding tert-OH is 1. The number of ketones is 1. The summed E-state index contributed by atoms with van der Waals surface area (Å²) < 4.78 is 11.7. The molecule has 4 rings (SSSR count). The summed E-state index contributed by atoms with van der Waals surface area (Å²) in [5.41, 5.74) is 1.22. The van der Waals surface area contributed by atoms with Gasteiger partial charge in [0.1, 0.15) is 23.0 Å². The van der Waals surface area contributed by atoms with Crippen LogP contribution in [-0.2, 0) is 9.59 Å². The first kappa shape index (κ1) is 28.9.